The molecule has 0 saturated heterocycles. The number of alkyl halides is 2. The molecule has 3 rings (SSSR count). The number of carbonyl (C=O) groups excluding carboxylic acids is 4. The van der Waals surface area contributed by atoms with E-state index < -0.39 is 39.7 Å². The first-order valence-corrected chi connectivity index (χ1v) is 21.4. The van der Waals surface area contributed by atoms with E-state index in [1.807, 2.05) is 109 Å². The minimum Gasteiger partial charge on any atom is -0.460 e. The topological polar surface area (TPSA) is 207 Å². The molecule has 332 valence electrons. The maximum Gasteiger partial charge on any atom is 0.409 e. The fraction of sp³-hybridized carbons (Fsp3) is 0.463. The van der Waals surface area contributed by atoms with Crippen molar-refractivity contribution >= 4 is 68.4 Å². The summed E-state index contributed by atoms with van der Waals surface area (Å²) in [7, 11) is -4.02. The first-order valence-electron chi connectivity index (χ1n) is 18.5. The van der Waals surface area contributed by atoms with Crippen LogP contribution in [0.2, 0.25) is 0 Å². The number of benzene rings is 3. The van der Waals surface area contributed by atoms with Crippen molar-refractivity contribution in [3.05, 3.63) is 102 Å². The Hall–Kier alpha value is -3.96. The van der Waals surface area contributed by atoms with Crippen molar-refractivity contribution in [1.29, 1.82) is 0 Å². The van der Waals surface area contributed by atoms with Gasteiger partial charge in [-0.25, -0.2) is 14.4 Å². The number of hydrogen-bond donors (Lipinski definition) is 3. The number of alkyl carbamates (subject to hydrolysis) is 1. The number of carbonyl (C=O) groups is 4. The van der Waals surface area contributed by atoms with E-state index in [2.05, 4.69) is 26.4 Å². The quantitative estimate of drug-likeness (QED) is 0.0404. The highest BCUT2D eigenvalue weighted by Crippen LogP contribution is 2.11. The molecule has 0 spiro atoms. The third kappa shape index (κ3) is 33.6. The van der Waals surface area contributed by atoms with E-state index in [0.717, 1.165) is 29.9 Å². The van der Waals surface area contributed by atoms with Crippen molar-refractivity contribution in [3.63, 3.8) is 0 Å². The summed E-state index contributed by atoms with van der Waals surface area (Å²) in [5.74, 6) is -0.188. The van der Waals surface area contributed by atoms with Crippen LogP contribution in [0, 0.1) is 18.8 Å². The zero-order chi connectivity index (χ0) is 45.2. The molecule has 0 unspecified atom stereocenters. The average molecular weight is 910 g/mol. The van der Waals surface area contributed by atoms with Crippen LogP contribution < -0.4 is 11.1 Å². The highest BCUT2D eigenvalue weighted by atomic mass is 35.5. The minimum atomic E-state index is -4.02. The highest BCUT2D eigenvalue weighted by molar-refractivity contribution is 7.85. The summed E-state index contributed by atoms with van der Waals surface area (Å²) >= 11 is 14.8. The van der Waals surface area contributed by atoms with Crippen molar-refractivity contribution < 1.29 is 55.8 Å². The molecule has 0 saturated carbocycles. The highest BCUT2D eigenvalue weighted by Gasteiger charge is 2.24. The van der Waals surface area contributed by atoms with Crippen LogP contribution >= 0.6 is 34.8 Å². The lowest BCUT2D eigenvalue weighted by atomic mass is 10.0. The molecule has 0 fully saturated rings. The van der Waals surface area contributed by atoms with Gasteiger partial charge in [0.15, 0.2) is 12.1 Å². The third-order valence-corrected chi connectivity index (χ3v) is 8.04. The van der Waals surface area contributed by atoms with E-state index >= 15 is 0 Å². The molecule has 0 aromatic heterocycles. The van der Waals surface area contributed by atoms with Crippen LogP contribution in [0.5, 0.6) is 0 Å². The Balaban J connectivity index is 0. The van der Waals surface area contributed by atoms with Gasteiger partial charge in [-0.3, -0.25) is 9.35 Å². The Morgan fingerprint density at radius 3 is 1.47 bits per heavy atom. The molecule has 59 heavy (non-hydrogen) atoms. The molecule has 1 amide bonds. The summed E-state index contributed by atoms with van der Waals surface area (Å²) in [6.45, 7) is 15.9. The van der Waals surface area contributed by atoms with Crippen molar-refractivity contribution in [2.75, 3.05) is 25.3 Å². The number of rotatable bonds is 16. The molecule has 0 heterocycles. The summed E-state index contributed by atoms with van der Waals surface area (Å²) in [5.41, 5.74) is 7.66. The van der Waals surface area contributed by atoms with E-state index in [1.165, 1.54) is 12.1 Å². The number of nitrogens with two attached hydrogens (primary N) is 1. The Bertz CT molecular complexity index is 1670. The molecule has 3 aromatic carbocycles. The van der Waals surface area contributed by atoms with Gasteiger partial charge in [0, 0.05) is 24.8 Å². The lowest BCUT2D eigenvalue weighted by molar-refractivity contribution is -0.148. The van der Waals surface area contributed by atoms with Gasteiger partial charge < -0.3 is 34.7 Å². The predicted molar refractivity (Wildman–Crippen MR) is 230 cm³/mol. The van der Waals surface area contributed by atoms with Gasteiger partial charge in [-0.15, -0.1) is 0 Å². The third-order valence-electron chi connectivity index (χ3n) is 6.84. The van der Waals surface area contributed by atoms with Gasteiger partial charge in [-0.1, -0.05) is 129 Å². The van der Waals surface area contributed by atoms with E-state index in [4.69, 9.17) is 47.7 Å². The second kappa shape index (κ2) is 34.9. The lowest BCUT2D eigenvalue weighted by Gasteiger charge is -2.18. The van der Waals surface area contributed by atoms with E-state index in [-0.39, 0.29) is 35.5 Å². The number of nitrogens with one attached hydrogen (secondary N) is 1. The number of hydrogen-bond acceptors (Lipinski definition) is 12. The Labute approximate surface area is 364 Å². The van der Waals surface area contributed by atoms with Crippen molar-refractivity contribution in [2.24, 2.45) is 17.6 Å². The van der Waals surface area contributed by atoms with E-state index in [0.29, 0.717) is 25.4 Å². The predicted octanol–water partition coefficient (Wildman–Crippen LogP) is 9.01. The summed E-state index contributed by atoms with van der Waals surface area (Å²) in [4.78, 5) is 44.4. The molecule has 2 atom stereocenters. The Morgan fingerprint density at radius 1 is 0.695 bits per heavy atom. The van der Waals surface area contributed by atoms with E-state index in [9.17, 15) is 27.6 Å². The van der Waals surface area contributed by atoms with Gasteiger partial charge >= 0.3 is 23.5 Å². The number of amides is 1. The van der Waals surface area contributed by atoms with Gasteiger partial charge in [0.1, 0.15) is 25.3 Å². The molecule has 0 aliphatic rings. The van der Waals surface area contributed by atoms with Crippen molar-refractivity contribution in [3.8, 4) is 0 Å². The normalized spacial score (nSPS) is 11.2. The molecule has 18 heteroatoms. The van der Waals surface area contributed by atoms with Crippen LogP contribution in [0.15, 0.2) is 89.8 Å². The summed E-state index contributed by atoms with van der Waals surface area (Å²) in [6, 6.07) is 23.2. The van der Waals surface area contributed by atoms with Crippen LogP contribution in [0.3, 0.4) is 0 Å². The van der Waals surface area contributed by atoms with Crippen LogP contribution in [-0.4, -0.2) is 73.9 Å². The van der Waals surface area contributed by atoms with Crippen LogP contribution in [0.4, 0.5) is 9.59 Å². The first-order chi connectivity index (χ1) is 27.8. The molecule has 3 aromatic rings. The van der Waals surface area contributed by atoms with Crippen molar-refractivity contribution in [2.45, 2.75) is 91.5 Å². The maximum atomic E-state index is 12.1. The van der Waals surface area contributed by atoms with Gasteiger partial charge in [0.25, 0.3) is 10.1 Å². The van der Waals surface area contributed by atoms with Crippen LogP contribution in [0.1, 0.15) is 71.1 Å². The smallest absolute Gasteiger partial charge is 0.409 e. The van der Waals surface area contributed by atoms with Gasteiger partial charge in [-0.05, 0) is 68.7 Å². The molecule has 14 nitrogen and oxygen atoms in total. The summed E-state index contributed by atoms with van der Waals surface area (Å²) in [5, 5.41) is 2.47. The number of halogens is 3. The molecular formula is C41H59Cl3N2O12S. The largest absolute Gasteiger partial charge is 0.460 e. The molecule has 4 N–H and O–H groups in total. The molecule has 0 bridgehead atoms. The van der Waals surface area contributed by atoms with Gasteiger partial charge in [0.2, 0.25) is 0 Å². The average Bonchev–Trinajstić information content (AvgIpc) is 3.17. The monoisotopic (exact) mass is 908 g/mol. The van der Waals surface area contributed by atoms with E-state index in [1.54, 1.807) is 12.1 Å². The van der Waals surface area contributed by atoms with Crippen LogP contribution in [0.25, 0.3) is 0 Å². The standard InChI is InChI=1S/C15H20ClNO4.C13H19NO2.C7H8O3S.C4H10O.C2H2Cl2O2/c1-11(2)8-13(17-15(19)21-10-16)14(18)20-9-12-6-4-3-5-7-12;1-10(2)8-12(14)13(15)16-9-11-6-4-3-5-7-11;1-6-2-4-7(5-3-6)11(8,9)10;1-3-5-4-2;3-1-6-2(4)5/h3-7,11,13H,8-10H2,1-2H3,(H,17,19);3-7,10,12H,8-9,14H2,1-2H3;2-5H,1H3,(H,8,9,10);3-4H2,1-2H3;1H2/t13-;12-;;;/m11.../s1. The second-order valence-corrected chi connectivity index (χ2v) is 15.0. The number of esters is 2. The summed E-state index contributed by atoms with van der Waals surface area (Å²) < 4.78 is 53.2. The SMILES string of the molecule is CC(C)C[C@@H](N)C(=O)OCc1ccccc1.CC(C)C[C@@H](NC(=O)OCCl)C(=O)OCc1ccccc1.CCOCC.Cc1ccc(S(=O)(=O)O)cc1.O=C(Cl)OCCl. The Morgan fingerprint density at radius 2 is 1.14 bits per heavy atom. The zero-order valence-electron chi connectivity index (χ0n) is 34.6. The Kier molecular flexibility index (Phi) is 33.8. The van der Waals surface area contributed by atoms with Crippen LogP contribution in [-0.2, 0) is 56.6 Å². The fourth-order valence-corrected chi connectivity index (χ4v) is 4.93. The number of ether oxygens (including phenoxy) is 5. The summed E-state index contributed by atoms with van der Waals surface area (Å²) in [6.07, 6.45) is 0.394. The zero-order valence-corrected chi connectivity index (χ0v) is 37.7. The van der Waals surface area contributed by atoms with Gasteiger partial charge in [0.05, 0.1) is 4.90 Å². The maximum absolute atomic E-state index is 12.1. The minimum absolute atomic E-state index is 0.0666. The second-order valence-electron chi connectivity index (χ2n) is 12.9. The number of aryl methyl sites for hydroxylation is 1. The lowest BCUT2D eigenvalue weighted by Crippen LogP contribution is -2.42. The fourth-order valence-electron chi connectivity index (χ4n) is 4.15. The van der Waals surface area contributed by atoms with Gasteiger partial charge in [-0.2, -0.15) is 8.42 Å². The molecule has 0 radical (unpaired) electrons. The molecular weight excluding hydrogens is 851 g/mol. The molecule has 0 aliphatic heterocycles. The molecule has 0 aliphatic carbocycles. The first kappa shape index (κ1) is 57.1. The van der Waals surface area contributed by atoms with Crippen molar-refractivity contribution in [1.82, 2.24) is 5.32 Å².